The monoisotopic (exact) mass is 308 g/mol. The average Bonchev–Trinajstić information content (AvgIpc) is 2.26. The molecule has 2 rings (SSSR count). The molecular weight excluding hydrogens is 303 g/mol. The number of hydrogen-bond donors (Lipinski definition) is 0. The zero-order chi connectivity index (χ0) is 14.2. The van der Waals surface area contributed by atoms with E-state index in [0.717, 1.165) is 24.3 Å². The van der Waals surface area contributed by atoms with Crippen LogP contribution in [0.4, 0.5) is 17.6 Å². The maximum atomic E-state index is 13.1. The fourth-order valence-electron chi connectivity index (χ4n) is 1.64. The molecule has 2 aromatic rings. The van der Waals surface area contributed by atoms with Crippen molar-refractivity contribution in [2.75, 3.05) is 0 Å². The van der Waals surface area contributed by atoms with Crippen molar-refractivity contribution in [2.24, 2.45) is 0 Å². The van der Waals surface area contributed by atoms with Crippen LogP contribution < -0.4 is 0 Å². The van der Waals surface area contributed by atoms with Crippen molar-refractivity contribution in [1.29, 1.82) is 0 Å². The van der Waals surface area contributed by atoms with Gasteiger partial charge in [-0.05, 0) is 35.4 Å². The molecule has 100 valence electrons. The van der Waals surface area contributed by atoms with Crippen LogP contribution in [0.25, 0.3) is 0 Å². The van der Waals surface area contributed by atoms with Gasteiger partial charge in [0.1, 0.15) is 23.3 Å². The van der Waals surface area contributed by atoms with Crippen LogP contribution in [0.15, 0.2) is 36.4 Å². The minimum Gasteiger partial charge on any atom is -0.207 e. The Kier molecular flexibility index (Phi) is 3.74. The molecule has 0 fully saturated rings. The Labute approximate surface area is 116 Å². The summed E-state index contributed by atoms with van der Waals surface area (Å²) in [5.74, 6) is -3.56. The molecule has 19 heavy (non-hydrogen) atoms. The van der Waals surface area contributed by atoms with Crippen molar-refractivity contribution in [3.05, 3.63) is 70.8 Å². The van der Waals surface area contributed by atoms with E-state index in [4.69, 9.17) is 23.2 Å². The van der Waals surface area contributed by atoms with Crippen molar-refractivity contribution in [1.82, 2.24) is 0 Å². The molecule has 0 aliphatic rings. The fraction of sp³-hybridized carbons (Fsp3) is 0.0769. The van der Waals surface area contributed by atoms with Crippen LogP contribution in [0.2, 0.25) is 0 Å². The molecule has 2 aromatic carbocycles. The SMILES string of the molecule is Fc1cc(F)cc(C(Cl)(Cl)c2cc(F)cc(F)c2)c1. The molecule has 0 heterocycles. The Morgan fingerprint density at radius 1 is 0.579 bits per heavy atom. The lowest BCUT2D eigenvalue weighted by atomic mass is 10.0. The molecule has 0 aliphatic carbocycles. The van der Waals surface area contributed by atoms with Crippen LogP contribution in [0.3, 0.4) is 0 Å². The van der Waals surface area contributed by atoms with Crippen molar-refractivity contribution in [3.63, 3.8) is 0 Å². The van der Waals surface area contributed by atoms with Gasteiger partial charge in [0.05, 0.1) is 0 Å². The minimum absolute atomic E-state index is 0.154. The third-order valence-electron chi connectivity index (χ3n) is 2.45. The van der Waals surface area contributed by atoms with Gasteiger partial charge in [0.2, 0.25) is 0 Å². The Bertz CT molecular complexity index is 532. The molecule has 0 aromatic heterocycles. The van der Waals surface area contributed by atoms with Gasteiger partial charge in [0, 0.05) is 12.1 Å². The molecule has 0 unspecified atom stereocenters. The molecule has 0 amide bonds. The molecule has 0 N–H and O–H groups in total. The van der Waals surface area contributed by atoms with Gasteiger partial charge in [0.25, 0.3) is 0 Å². The molecule has 0 saturated carbocycles. The smallest absolute Gasteiger partial charge is 0.168 e. The highest BCUT2D eigenvalue weighted by Crippen LogP contribution is 2.41. The number of halogens is 6. The van der Waals surface area contributed by atoms with E-state index in [0.29, 0.717) is 12.1 Å². The zero-order valence-electron chi connectivity index (χ0n) is 9.23. The summed E-state index contributed by atoms with van der Waals surface area (Å²) >= 11 is 11.9. The summed E-state index contributed by atoms with van der Waals surface area (Å²) < 4.78 is 50.5. The van der Waals surface area contributed by atoms with Crippen LogP contribution in [-0.4, -0.2) is 0 Å². The first-order valence-electron chi connectivity index (χ1n) is 5.10. The molecule has 0 bridgehead atoms. The van der Waals surface area contributed by atoms with E-state index in [1.165, 1.54) is 0 Å². The second-order valence-electron chi connectivity index (χ2n) is 3.89. The van der Waals surface area contributed by atoms with E-state index in [1.807, 2.05) is 0 Å². The lowest BCUT2D eigenvalue weighted by Gasteiger charge is -2.21. The van der Waals surface area contributed by atoms with Gasteiger partial charge in [-0.1, -0.05) is 23.2 Å². The van der Waals surface area contributed by atoms with E-state index in [9.17, 15) is 17.6 Å². The van der Waals surface area contributed by atoms with Crippen LogP contribution in [0.1, 0.15) is 11.1 Å². The first-order valence-corrected chi connectivity index (χ1v) is 5.85. The van der Waals surface area contributed by atoms with Crippen molar-refractivity contribution >= 4 is 23.2 Å². The number of benzene rings is 2. The highest BCUT2D eigenvalue weighted by Gasteiger charge is 2.31. The largest absolute Gasteiger partial charge is 0.207 e. The van der Waals surface area contributed by atoms with Gasteiger partial charge in [-0.3, -0.25) is 0 Å². The second kappa shape index (κ2) is 5.02. The summed E-state index contributed by atoms with van der Waals surface area (Å²) in [5.41, 5.74) is -0.309. The average molecular weight is 309 g/mol. The minimum atomic E-state index is -1.97. The Hall–Kier alpha value is -1.26. The highest BCUT2D eigenvalue weighted by atomic mass is 35.5. The fourth-order valence-corrected chi connectivity index (χ4v) is 2.07. The number of hydrogen-bond acceptors (Lipinski definition) is 0. The summed E-state index contributed by atoms with van der Waals surface area (Å²) in [5, 5.41) is 0. The van der Waals surface area contributed by atoms with Crippen LogP contribution in [-0.2, 0) is 4.33 Å². The van der Waals surface area contributed by atoms with Gasteiger partial charge in [0.15, 0.2) is 4.33 Å². The highest BCUT2D eigenvalue weighted by molar-refractivity contribution is 6.50. The first kappa shape index (κ1) is 14.2. The quantitative estimate of drug-likeness (QED) is 0.545. The van der Waals surface area contributed by atoms with E-state index < -0.39 is 27.6 Å². The maximum absolute atomic E-state index is 13.1. The van der Waals surface area contributed by atoms with E-state index in [-0.39, 0.29) is 11.1 Å². The third-order valence-corrected chi connectivity index (χ3v) is 3.32. The molecule has 0 saturated heterocycles. The van der Waals surface area contributed by atoms with E-state index >= 15 is 0 Å². The van der Waals surface area contributed by atoms with Gasteiger partial charge >= 0.3 is 0 Å². The summed E-state index contributed by atoms with van der Waals surface area (Å²) in [6.45, 7) is 0. The molecule has 0 radical (unpaired) electrons. The molecular formula is C13H6Cl2F4. The Morgan fingerprint density at radius 3 is 1.11 bits per heavy atom. The van der Waals surface area contributed by atoms with Gasteiger partial charge < -0.3 is 0 Å². The molecule has 0 aliphatic heterocycles. The van der Waals surface area contributed by atoms with Crippen LogP contribution >= 0.6 is 23.2 Å². The maximum Gasteiger partial charge on any atom is 0.168 e. The van der Waals surface area contributed by atoms with Crippen molar-refractivity contribution < 1.29 is 17.6 Å². The topological polar surface area (TPSA) is 0 Å². The van der Waals surface area contributed by atoms with E-state index in [2.05, 4.69) is 0 Å². The van der Waals surface area contributed by atoms with Crippen LogP contribution in [0, 0.1) is 23.3 Å². The zero-order valence-corrected chi connectivity index (χ0v) is 10.7. The molecule has 0 atom stereocenters. The summed E-state index contributed by atoms with van der Waals surface area (Å²) in [6.07, 6.45) is 0. The first-order chi connectivity index (χ1) is 8.79. The standard InChI is InChI=1S/C13H6Cl2F4/c14-13(15,7-1-9(16)5-10(17)2-7)8-3-11(18)6-12(19)4-8/h1-6H. The molecule has 6 heteroatoms. The third kappa shape index (κ3) is 3.01. The van der Waals surface area contributed by atoms with Gasteiger partial charge in [-0.15, -0.1) is 0 Å². The van der Waals surface area contributed by atoms with E-state index in [1.54, 1.807) is 0 Å². The van der Waals surface area contributed by atoms with Gasteiger partial charge in [-0.25, -0.2) is 17.6 Å². The Morgan fingerprint density at radius 2 is 0.842 bits per heavy atom. The van der Waals surface area contributed by atoms with Crippen molar-refractivity contribution in [2.45, 2.75) is 4.33 Å². The number of rotatable bonds is 2. The Balaban J connectivity index is 2.57. The molecule has 0 spiro atoms. The number of alkyl halides is 2. The van der Waals surface area contributed by atoms with Gasteiger partial charge in [-0.2, -0.15) is 0 Å². The van der Waals surface area contributed by atoms with Crippen molar-refractivity contribution in [3.8, 4) is 0 Å². The van der Waals surface area contributed by atoms with Crippen LogP contribution in [0.5, 0.6) is 0 Å². The summed E-state index contributed by atoms with van der Waals surface area (Å²) in [7, 11) is 0. The predicted molar refractivity (Wildman–Crippen MR) is 65.2 cm³/mol. The lowest BCUT2D eigenvalue weighted by Crippen LogP contribution is -2.14. The lowest BCUT2D eigenvalue weighted by molar-refractivity contribution is 0.575. The predicted octanol–water partition coefficient (Wildman–Crippen LogP) is 4.92. The normalized spacial score (nSPS) is 11.7. The second-order valence-corrected chi connectivity index (χ2v) is 5.22. The summed E-state index contributed by atoms with van der Waals surface area (Å²) in [4.78, 5) is 0. The summed E-state index contributed by atoms with van der Waals surface area (Å²) in [6, 6.07) is 4.86. The molecule has 0 nitrogen and oxygen atoms in total.